The molecule has 0 aliphatic carbocycles. The fourth-order valence-corrected chi connectivity index (χ4v) is 3.41. The zero-order valence-corrected chi connectivity index (χ0v) is 13.6. The Hall–Kier alpha value is -2.10. The fourth-order valence-electron chi connectivity index (χ4n) is 3.41. The Morgan fingerprint density at radius 1 is 0.957 bits per heavy atom. The van der Waals surface area contributed by atoms with Crippen LogP contribution >= 0.6 is 0 Å². The molecule has 4 rings (SSSR count). The predicted molar refractivity (Wildman–Crippen MR) is 96.2 cm³/mol. The lowest BCUT2D eigenvalue weighted by Crippen LogP contribution is -2.42. The van der Waals surface area contributed by atoms with E-state index in [9.17, 15) is 0 Å². The molecule has 1 aliphatic heterocycles. The van der Waals surface area contributed by atoms with Crippen molar-refractivity contribution in [3.8, 4) is 5.69 Å². The minimum absolute atomic E-state index is 1.03. The fraction of sp³-hybridized carbons (Fsp3) is 0.300. The molecule has 1 fully saturated rings. The van der Waals surface area contributed by atoms with Crippen LogP contribution in [-0.4, -0.2) is 35.6 Å². The molecule has 1 saturated heterocycles. The van der Waals surface area contributed by atoms with Crippen molar-refractivity contribution in [3.63, 3.8) is 0 Å². The largest absolute Gasteiger partial charge is 0.316 e. The van der Waals surface area contributed by atoms with Gasteiger partial charge in [-0.25, -0.2) is 0 Å². The average molecular weight is 305 g/mol. The van der Waals surface area contributed by atoms with E-state index in [1.807, 2.05) is 0 Å². The normalized spacial score (nSPS) is 16.0. The van der Waals surface area contributed by atoms with Gasteiger partial charge in [-0.05, 0) is 30.7 Å². The molecule has 1 aromatic heterocycles. The Bertz CT molecular complexity index is 795. The van der Waals surface area contributed by atoms with E-state index in [1.54, 1.807) is 0 Å². The van der Waals surface area contributed by atoms with E-state index in [0.29, 0.717) is 0 Å². The molecular weight excluding hydrogens is 282 g/mol. The summed E-state index contributed by atoms with van der Waals surface area (Å²) in [6.07, 6.45) is 2.32. The van der Waals surface area contributed by atoms with Crippen LogP contribution < -0.4 is 5.32 Å². The summed E-state index contributed by atoms with van der Waals surface area (Å²) in [6, 6.07) is 17.5. The van der Waals surface area contributed by atoms with E-state index in [4.69, 9.17) is 0 Å². The molecule has 0 atom stereocenters. The second-order valence-electron chi connectivity index (χ2n) is 6.40. The molecular formula is C20H23N3. The van der Waals surface area contributed by atoms with Crippen molar-refractivity contribution in [1.82, 2.24) is 14.8 Å². The third-order valence-corrected chi connectivity index (χ3v) is 4.71. The van der Waals surface area contributed by atoms with Crippen molar-refractivity contribution in [2.75, 3.05) is 26.2 Å². The number of para-hydroxylation sites is 1. The molecule has 0 spiro atoms. The standard InChI is InChI=1S/C20H23N3/c1-16-6-8-18(9-7-16)23-15-17(14-22-12-10-21-11-13-22)19-4-2-3-5-20(19)23/h2-9,15,21H,10-14H2,1H3. The first-order valence-electron chi connectivity index (χ1n) is 8.40. The highest BCUT2D eigenvalue weighted by Gasteiger charge is 2.14. The van der Waals surface area contributed by atoms with Crippen LogP contribution in [0.15, 0.2) is 54.7 Å². The number of benzene rings is 2. The Kier molecular flexibility index (Phi) is 3.90. The number of hydrogen-bond donors (Lipinski definition) is 1. The van der Waals surface area contributed by atoms with Gasteiger partial charge in [0.2, 0.25) is 0 Å². The number of aromatic nitrogens is 1. The van der Waals surface area contributed by atoms with E-state index in [1.165, 1.54) is 27.7 Å². The van der Waals surface area contributed by atoms with Gasteiger partial charge >= 0.3 is 0 Å². The Morgan fingerprint density at radius 3 is 2.48 bits per heavy atom. The molecule has 2 heterocycles. The molecule has 3 heteroatoms. The molecule has 0 bridgehead atoms. The first-order chi connectivity index (χ1) is 11.3. The summed E-state index contributed by atoms with van der Waals surface area (Å²) in [7, 11) is 0. The quantitative estimate of drug-likeness (QED) is 0.801. The van der Waals surface area contributed by atoms with E-state index in [-0.39, 0.29) is 0 Å². The summed E-state index contributed by atoms with van der Waals surface area (Å²) < 4.78 is 2.33. The number of nitrogens with one attached hydrogen (secondary N) is 1. The third kappa shape index (κ3) is 2.90. The first-order valence-corrected chi connectivity index (χ1v) is 8.40. The van der Waals surface area contributed by atoms with E-state index >= 15 is 0 Å². The maximum Gasteiger partial charge on any atom is 0.0531 e. The maximum absolute atomic E-state index is 3.43. The van der Waals surface area contributed by atoms with Crippen molar-refractivity contribution < 1.29 is 0 Å². The molecule has 0 amide bonds. The topological polar surface area (TPSA) is 20.2 Å². The van der Waals surface area contributed by atoms with Crippen LogP contribution in [0.2, 0.25) is 0 Å². The second kappa shape index (κ2) is 6.19. The van der Waals surface area contributed by atoms with Crippen LogP contribution in [-0.2, 0) is 6.54 Å². The van der Waals surface area contributed by atoms with Crippen LogP contribution in [0.4, 0.5) is 0 Å². The lowest BCUT2D eigenvalue weighted by atomic mass is 10.1. The molecule has 23 heavy (non-hydrogen) atoms. The van der Waals surface area contributed by atoms with Crippen molar-refractivity contribution >= 4 is 10.9 Å². The molecule has 2 aromatic carbocycles. The molecule has 1 aliphatic rings. The van der Waals surface area contributed by atoms with E-state index in [0.717, 1.165) is 32.7 Å². The lowest BCUT2D eigenvalue weighted by molar-refractivity contribution is 0.234. The van der Waals surface area contributed by atoms with Crippen molar-refractivity contribution in [2.24, 2.45) is 0 Å². The minimum atomic E-state index is 1.03. The second-order valence-corrected chi connectivity index (χ2v) is 6.40. The zero-order valence-electron chi connectivity index (χ0n) is 13.6. The van der Waals surface area contributed by atoms with Gasteiger partial charge in [-0.3, -0.25) is 4.90 Å². The minimum Gasteiger partial charge on any atom is -0.316 e. The number of nitrogens with zero attached hydrogens (tertiary/aromatic N) is 2. The van der Waals surface area contributed by atoms with Crippen molar-refractivity contribution in [1.29, 1.82) is 0 Å². The highest BCUT2D eigenvalue weighted by molar-refractivity contribution is 5.85. The van der Waals surface area contributed by atoms with E-state index < -0.39 is 0 Å². The van der Waals surface area contributed by atoms with Gasteiger partial charge in [0.15, 0.2) is 0 Å². The summed E-state index contributed by atoms with van der Waals surface area (Å²) in [6.45, 7) is 7.61. The van der Waals surface area contributed by atoms with Gasteiger partial charge < -0.3 is 9.88 Å². The number of rotatable bonds is 3. The van der Waals surface area contributed by atoms with Gasteiger partial charge in [-0.15, -0.1) is 0 Å². The van der Waals surface area contributed by atoms with Gasteiger partial charge in [0.1, 0.15) is 0 Å². The summed E-state index contributed by atoms with van der Waals surface area (Å²) >= 11 is 0. The Balaban J connectivity index is 1.75. The SMILES string of the molecule is Cc1ccc(-n2cc(CN3CCNCC3)c3ccccc32)cc1. The summed E-state index contributed by atoms with van der Waals surface area (Å²) in [5, 5.41) is 4.79. The molecule has 3 nitrogen and oxygen atoms in total. The average Bonchev–Trinajstić information content (AvgIpc) is 2.95. The smallest absolute Gasteiger partial charge is 0.0531 e. The van der Waals surface area contributed by atoms with Gasteiger partial charge in [-0.2, -0.15) is 0 Å². The summed E-state index contributed by atoms with van der Waals surface area (Å²) in [4.78, 5) is 2.54. The first kappa shape index (κ1) is 14.5. The number of hydrogen-bond acceptors (Lipinski definition) is 2. The van der Waals surface area contributed by atoms with Gasteiger partial charge in [0.05, 0.1) is 5.52 Å². The monoisotopic (exact) mass is 305 g/mol. The highest BCUT2D eigenvalue weighted by Crippen LogP contribution is 2.26. The molecule has 3 aromatic rings. The van der Waals surface area contributed by atoms with E-state index in [2.05, 4.69) is 76.4 Å². The van der Waals surface area contributed by atoms with Crippen LogP contribution in [0.3, 0.4) is 0 Å². The van der Waals surface area contributed by atoms with Crippen LogP contribution in [0, 0.1) is 6.92 Å². The molecule has 0 radical (unpaired) electrons. The third-order valence-electron chi connectivity index (χ3n) is 4.71. The number of fused-ring (bicyclic) bond motifs is 1. The van der Waals surface area contributed by atoms with Crippen LogP contribution in [0.1, 0.15) is 11.1 Å². The summed E-state index contributed by atoms with van der Waals surface area (Å²) in [5.74, 6) is 0. The molecule has 0 unspecified atom stereocenters. The number of piperazine rings is 1. The van der Waals surface area contributed by atoms with Gasteiger partial charge in [0.25, 0.3) is 0 Å². The van der Waals surface area contributed by atoms with Crippen LogP contribution in [0.25, 0.3) is 16.6 Å². The number of aryl methyl sites for hydroxylation is 1. The van der Waals surface area contributed by atoms with Crippen LogP contribution in [0.5, 0.6) is 0 Å². The molecule has 118 valence electrons. The Morgan fingerprint density at radius 2 is 1.70 bits per heavy atom. The van der Waals surface area contributed by atoms with Crippen molar-refractivity contribution in [3.05, 3.63) is 65.9 Å². The van der Waals surface area contributed by atoms with Gasteiger partial charge in [-0.1, -0.05) is 35.9 Å². The maximum atomic E-state index is 3.43. The predicted octanol–water partition coefficient (Wildman–Crippen LogP) is 3.34. The van der Waals surface area contributed by atoms with Crippen molar-refractivity contribution in [2.45, 2.75) is 13.5 Å². The molecule has 0 saturated carbocycles. The molecule has 1 N–H and O–H groups in total. The zero-order chi connectivity index (χ0) is 15.6. The highest BCUT2D eigenvalue weighted by atomic mass is 15.2. The lowest BCUT2D eigenvalue weighted by Gasteiger charge is -2.26. The Labute approximate surface area is 137 Å². The summed E-state index contributed by atoms with van der Waals surface area (Å²) in [5.41, 5.74) is 5.24. The van der Waals surface area contributed by atoms with Gasteiger partial charge in [0, 0.05) is 50.0 Å².